The van der Waals surface area contributed by atoms with Crippen molar-refractivity contribution in [2.45, 2.75) is 26.0 Å². The number of carbonyl (C=O) groups is 1. The van der Waals surface area contributed by atoms with Crippen molar-refractivity contribution in [2.75, 3.05) is 57.6 Å². The maximum atomic E-state index is 13.4. The van der Waals surface area contributed by atoms with Gasteiger partial charge in [0.25, 0.3) is 0 Å². The Kier molecular flexibility index (Phi) is 8.27. The summed E-state index contributed by atoms with van der Waals surface area (Å²) in [6, 6.07) is 9.25. The van der Waals surface area contributed by atoms with E-state index in [1.54, 1.807) is 25.6 Å². The molecule has 0 bridgehead atoms. The number of nitrogens with one attached hydrogen (secondary N) is 2. The van der Waals surface area contributed by atoms with Crippen LogP contribution in [0.4, 0.5) is 17.3 Å². The molecule has 204 valence electrons. The number of ether oxygens (including phenoxy) is 1. The van der Waals surface area contributed by atoms with Gasteiger partial charge in [-0.15, -0.1) is 0 Å². The number of hydrogen-bond acceptors (Lipinski definition) is 9. The summed E-state index contributed by atoms with van der Waals surface area (Å²) in [6.07, 6.45) is 6.30. The second-order valence-corrected chi connectivity index (χ2v) is 10.00. The number of rotatable bonds is 9. The normalized spacial score (nSPS) is 16.5. The standard InChI is InChI=1S/C29H35N7O3/c1-19-15-31-29(32-20-7-8-21(17-37)30-16-20)34-27(19)24-10-9-23-22(24)5-4-6-25(23)33-28(38)26(18-39-3)36-13-11-35(2)12-14-36/h4-8,10,15-16,26,37H,9,11-14,17-18H2,1-3H3,(H,33,38)(H,31,32,34)/t26-/m1/s1. The maximum absolute atomic E-state index is 13.4. The topological polar surface area (TPSA) is 116 Å². The summed E-state index contributed by atoms with van der Waals surface area (Å²) in [5.74, 6) is 0.413. The van der Waals surface area contributed by atoms with Gasteiger partial charge in [-0.05, 0) is 55.3 Å². The number of piperazine rings is 1. The predicted octanol–water partition coefficient (Wildman–Crippen LogP) is 2.60. The molecule has 2 aliphatic rings. The van der Waals surface area contributed by atoms with Crippen molar-refractivity contribution in [1.82, 2.24) is 24.8 Å². The van der Waals surface area contributed by atoms with Crippen molar-refractivity contribution in [3.8, 4) is 0 Å². The van der Waals surface area contributed by atoms with Crippen LogP contribution in [-0.2, 0) is 22.6 Å². The van der Waals surface area contributed by atoms with Crippen LogP contribution in [0.15, 0.2) is 48.8 Å². The van der Waals surface area contributed by atoms with E-state index in [0.717, 1.165) is 65.5 Å². The number of carbonyl (C=O) groups excluding carboxylic acids is 1. The molecule has 1 aliphatic heterocycles. The van der Waals surface area contributed by atoms with Crippen LogP contribution in [0.25, 0.3) is 5.57 Å². The first-order valence-corrected chi connectivity index (χ1v) is 13.2. The highest BCUT2D eigenvalue weighted by molar-refractivity contribution is 5.97. The molecular formula is C29H35N7O3. The van der Waals surface area contributed by atoms with E-state index in [4.69, 9.17) is 9.72 Å². The number of amides is 1. The molecule has 3 N–H and O–H groups in total. The molecule has 0 radical (unpaired) electrons. The van der Waals surface area contributed by atoms with Crippen LogP contribution in [0.2, 0.25) is 0 Å². The minimum atomic E-state index is -0.341. The minimum Gasteiger partial charge on any atom is -0.390 e. The number of anilines is 3. The zero-order valence-corrected chi connectivity index (χ0v) is 22.6. The number of benzene rings is 1. The molecule has 39 heavy (non-hydrogen) atoms. The number of aliphatic hydroxyl groups excluding tert-OH is 1. The number of aliphatic hydroxyl groups is 1. The number of likely N-dealkylation sites (N-methyl/N-ethyl adjacent to an activating group) is 1. The molecule has 1 atom stereocenters. The van der Waals surface area contributed by atoms with Crippen molar-refractivity contribution in [2.24, 2.45) is 0 Å². The first-order valence-electron chi connectivity index (χ1n) is 13.2. The van der Waals surface area contributed by atoms with Crippen molar-refractivity contribution >= 4 is 28.8 Å². The molecule has 1 saturated heterocycles. The highest BCUT2D eigenvalue weighted by Gasteiger charge is 2.30. The monoisotopic (exact) mass is 529 g/mol. The van der Waals surface area contributed by atoms with Crippen LogP contribution < -0.4 is 10.6 Å². The van der Waals surface area contributed by atoms with Gasteiger partial charge in [0, 0.05) is 50.7 Å². The molecule has 1 fully saturated rings. The van der Waals surface area contributed by atoms with Gasteiger partial charge in [-0.25, -0.2) is 9.97 Å². The number of hydrogen-bond donors (Lipinski definition) is 3. The molecule has 10 heteroatoms. The molecule has 0 spiro atoms. The summed E-state index contributed by atoms with van der Waals surface area (Å²) in [5, 5.41) is 15.6. The Morgan fingerprint density at radius 3 is 2.67 bits per heavy atom. The van der Waals surface area contributed by atoms with Gasteiger partial charge in [0.15, 0.2) is 0 Å². The summed E-state index contributed by atoms with van der Waals surface area (Å²) in [4.78, 5) is 31.4. The Labute approximate surface area is 228 Å². The van der Waals surface area contributed by atoms with Gasteiger partial charge >= 0.3 is 0 Å². The van der Waals surface area contributed by atoms with Crippen molar-refractivity contribution in [1.29, 1.82) is 0 Å². The Balaban J connectivity index is 1.35. The minimum absolute atomic E-state index is 0.0474. The number of fused-ring (bicyclic) bond motifs is 1. The average Bonchev–Trinajstić information content (AvgIpc) is 3.39. The van der Waals surface area contributed by atoms with Crippen LogP contribution in [-0.4, -0.2) is 88.8 Å². The van der Waals surface area contributed by atoms with Crippen molar-refractivity contribution < 1.29 is 14.6 Å². The first-order chi connectivity index (χ1) is 19.0. The van der Waals surface area contributed by atoms with Gasteiger partial charge < -0.3 is 25.4 Å². The third-order valence-electron chi connectivity index (χ3n) is 7.31. The van der Waals surface area contributed by atoms with Crippen LogP contribution in [0.1, 0.15) is 28.1 Å². The fourth-order valence-corrected chi connectivity index (χ4v) is 5.06. The van der Waals surface area contributed by atoms with Gasteiger partial charge in [-0.1, -0.05) is 18.2 Å². The SMILES string of the molecule is COC[C@H](C(=O)Nc1cccc2c1CC=C2c1nc(Nc2ccc(CO)nc2)ncc1C)N1CCN(C)CC1. The van der Waals surface area contributed by atoms with Gasteiger partial charge in [0.05, 0.1) is 36.5 Å². The van der Waals surface area contributed by atoms with Crippen LogP contribution in [0, 0.1) is 6.92 Å². The predicted molar refractivity (Wildman–Crippen MR) is 151 cm³/mol. The third-order valence-corrected chi connectivity index (χ3v) is 7.31. The smallest absolute Gasteiger partial charge is 0.244 e. The largest absolute Gasteiger partial charge is 0.390 e. The molecule has 2 aromatic heterocycles. The van der Waals surface area contributed by atoms with Gasteiger partial charge in [-0.3, -0.25) is 14.7 Å². The second kappa shape index (κ2) is 12.0. The Hall–Kier alpha value is -3.70. The lowest BCUT2D eigenvalue weighted by atomic mass is 9.99. The molecule has 1 aliphatic carbocycles. The molecule has 3 aromatic rings. The number of nitrogens with zero attached hydrogens (tertiary/aromatic N) is 5. The number of aromatic nitrogens is 3. The zero-order chi connectivity index (χ0) is 27.4. The number of pyridine rings is 1. The zero-order valence-electron chi connectivity index (χ0n) is 22.6. The Bertz CT molecular complexity index is 1350. The van der Waals surface area contributed by atoms with Crippen molar-refractivity contribution in [3.63, 3.8) is 0 Å². The summed E-state index contributed by atoms with van der Waals surface area (Å²) >= 11 is 0. The molecular weight excluding hydrogens is 494 g/mol. The number of aryl methyl sites for hydroxylation is 1. The molecule has 1 amide bonds. The molecule has 1 aromatic carbocycles. The number of methoxy groups -OCH3 is 1. The summed E-state index contributed by atoms with van der Waals surface area (Å²) in [6.45, 7) is 5.77. The maximum Gasteiger partial charge on any atom is 0.244 e. The van der Waals surface area contributed by atoms with E-state index in [2.05, 4.69) is 49.6 Å². The van der Waals surface area contributed by atoms with E-state index in [-0.39, 0.29) is 18.6 Å². The van der Waals surface area contributed by atoms with E-state index in [1.165, 1.54) is 0 Å². The first kappa shape index (κ1) is 26.9. The van der Waals surface area contributed by atoms with Gasteiger partial charge in [0.2, 0.25) is 11.9 Å². The molecule has 3 heterocycles. The van der Waals surface area contributed by atoms with Crippen LogP contribution in [0.5, 0.6) is 0 Å². The number of allylic oxidation sites excluding steroid dienone is 1. The van der Waals surface area contributed by atoms with Crippen LogP contribution in [0.3, 0.4) is 0 Å². The van der Waals surface area contributed by atoms with E-state index in [1.807, 2.05) is 25.1 Å². The Morgan fingerprint density at radius 1 is 1.13 bits per heavy atom. The third kappa shape index (κ3) is 5.99. The van der Waals surface area contributed by atoms with E-state index >= 15 is 0 Å². The lowest BCUT2D eigenvalue weighted by Gasteiger charge is -2.36. The second-order valence-electron chi connectivity index (χ2n) is 10.00. The fraction of sp³-hybridized carbons (Fsp3) is 0.379. The molecule has 0 saturated carbocycles. The molecule has 10 nitrogen and oxygen atoms in total. The average molecular weight is 530 g/mol. The van der Waals surface area contributed by atoms with Crippen molar-refractivity contribution in [3.05, 3.63) is 76.9 Å². The fourth-order valence-electron chi connectivity index (χ4n) is 5.06. The highest BCUT2D eigenvalue weighted by atomic mass is 16.5. The lowest BCUT2D eigenvalue weighted by Crippen LogP contribution is -2.54. The summed E-state index contributed by atoms with van der Waals surface area (Å²) in [5.41, 5.74) is 7.09. The van der Waals surface area contributed by atoms with E-state index in [9.17, 15) is 9.90 Å². The Morgan fingerprint density at radius 2 is 1.95 bits per heavy atom. The van der Waals surface area contributed by atoms with E-state index < -0.39 is 0 Å². The molecule has 0 unspecified atom stereocenters. The lowest BCUT2D eigenvalue weighted by molar-refractivity contribution is -0.124. The van der Waals surface area contributed by atoms with Gasteiger partial charge in [0.1, 0.15) is 6.04 Å². The molecule has 5 rings (SSSR count). The summed E-state index contributed by atoms with van der Waals surface area (Å²) < 4.78 is 5.43. The highest BCUT2D eigenvalue weighted by Crippen LogP contribution is 2.37. The van der Waals surface area contributed by atoms with Gasteiger partial charge in [-0.2, -0.15) is 0 Å². The van der Waals surface area contributed by atoms with E-state index in [0.29, 0.717) is 24.7 Å². The van der Waals surface area contributed by atoms with Crippen LogP contribution >= 0.6 is 0 Å². The quantitative estimate of drug-likeness (QED) is 0.385. The summed E-state index contributed by atoms with van der Waals surface area (Å²) in [7, 11) is 3.74.